The zero-order valence-corrected chi connectivity index (χ0v) is 14.0. The van der Waals surface area contributed by atoms with Gasteiger partial charge in [0.15, 0.2) is 5.13 Å². The minimum atomic E-state index is -0.240. The third-order valence-corrected chi connectivity index (χ3v) is 4.81. The molecule has 1 amide bonds. The summed E-state index contributed by atoms with van der Waals surface area (Å²) in [6.07, 6.45) is 2.94. The minimum absolute atomic E-state index is 0.0370. The van der Waals surface area contributed by atoms with Crippen LogP contribution in [-0.4, -0.2) is 25.7 Å². The van der Waals surface area contributed by atoms with Gasteiger partial charge in [-0.15, -0.1) is 22.7 Å². The zero-order chi connectivity index (χ0) is 16.4. The minimum Gasteiger partial charge on any atom is -0.300 e. The Balaban J connectivity index is 1.68. The molecule has 9 heteroatoms. The van der Waals surface area contributed by atoms with Gasteiger partial charge in [-0.25, -0.2) is 9.97 Å². The summed E-state index contributed by atoms with van der Waals surface area (Å²) in [6, 6.07) is 1.97. The number of hydrogen-bond donors (Lipinski definition) is 1. The lowest BCUT2D eigenvalue weighted by atomic mass is 10.3. The molecule has 0 aliphatic rings. The number of rotatable bonds is 4. The lowest BCUT2D eigenvalue weighted by molar-refractivity contribution is -0.116. The van der Waals surface area contributed by atoms with Crippen LogP contribution in [0.15, 0.2) is 17.8 Å². The molecule has 3 rings (SSSR count). The fourth-order valence-corrected chi connectivity index (χ4v) is 3.69. The van der Waals surface area contributed by atoms with Gasteiger partial charge in [0.2, 0.25) is 5.91 Å². The van der Waals surface area contributed by atoms with Gasteiger partial charge in [0.05, 0.1) is 33.0 Å². The van der Waals surface area contributed by atoms with E-state index in [0.29, 0.717) is 10.7 Å². The Morgan fingerprint density at radius 3 is 2.91 bits per heavy atom. The molecule has 0 aliphatic heterocycles. The number of anilines is 1. The van der Waals surface area contributed by atoms with Crippen molar-refractivity contribution in [1.29, 1.82) is 5.26 Å². The molecule has 3 aromatic heterocycles. The standard InChI is InChI=1S/C14H12N6OS2/c1-8-13(23-9(2)17-8)11-7-22-14(18-11)19-12(21)6-20-5-10(3-15)4-16-20/h4-5,7H,6H2,1-2H3,(H,18,19,21). The number of aromatic nitrogens is 4. The Labute approximate surface area is 140 Å². The molecule has 0 aliphatic carbocycles. The van der Waals surface area contributed by atoms with E-state index in [4.69, 9.17) is 5.26 Å². The molecule has 0 aromatic carbocycles. The predicted molar refractivity (Wildman–Crippen MR) is 88.3 cm³/mol. The average Bonchev–Trinajstić information content (AvgIpc) is 3.19. The first-order valence-electron chi connectivity index (χ1n) is 6.67. The number of nitrogens with zero attached hydrogens (tertiary/aromatic N) is 5. The van der Waals surface area contributed by atoms with Crippen molar-refractivity contribution in [2.24, 2.45) is 0 Å². The molecule has 0 fully saturated rings. The van der Waals surface area contributed by atoms with E-state index in [-0.39, 0.29) is 12.5 Å². The topological polar surface area (TPSA) is 96.5 Å². The summed E-state index contributed by atoms with van der Waals surface area (Å²) in [7, 11) is 0. The summed E-state index contributed by atoms with van der Waals surface area (Å²) >= 11 is 2.95. The number of nitrogens with one attached hydrogen (secondary N) is 1. The molecular formula is C14H12N6OS2. The van der Waals surface area contributed by atoms with Gasteiger partial charge in [0.25, 0.3) is 0 Å². The molecule has 3 aromatic rings. The maximum Gasteiger partial charge on any atom is 0.247 e. The van der Waals surface area contributed by atoms with Crippen molar-refractivity contribution in [3.63, 3.8) is 0 Å². The largest absolute Gasteiger partial charge is 0.300 e. The number of carbonyl (C=O) groups is 1. The lowest BCUT2D eigenvalue weighted by Gasteiger charge is -2.01. The highest BCUT2D eigenvalue weighted by atomic mass is 32.1. The van der Waals surface area contributed by atoms with Crippen LogP contribution in [0.25, 0.3) is 10.6 Å². The Hall–Kier alpha value is -2.57. The molecule has 0 bridgehead atoms. The van der Waals surface area contributed by atoms with E-state index in [0.717, 1.165) is 21.3 Å². The van der Waals surface area contributed by atoms with Crippen LogP contribution in [0.5, 0.6) is 0 Å². The molecule has 1 N–H and O–H groups in total. The van der Waals surface area contributed by atoms with Crippen LogP contribution in [0.3, 0.4) is 0 Å². The number of carbonyl (C=O) groups excluding carboxylic acids is 1. The molecule has 0 unspecified atom stereocenters. The van der Waals surface area contributed by atoms with Crippen LogP contribution in [-0.2, 0) is 11.3 Å². The second kappa shape index (κ2) is 6.28. The summed E-state index contributed by atoms with van der Waals surface area (Å²) in [5.41, 5.74) is 2.18. The van der Waals surface area contributed by atoms with Gasteiger partial charge in [-0.3, -0.25) is 9.48 Å². The molecule has 0 spiro atoms. The SMILES string of the molecule is Cc1nc(C)c(-c2csc(NC(=O)Cn3cc(C#N)cn3)n2)s1. The first kappa shape index (κ1) is 15.3. The van der Waals surface area contributed by atoms with Crippen LogP contribution in [0.4, 0.5) is 5.13 Å². The highest BCUT2D eigenvalue weighted by Gasteiger charge is 2.13. The molecule has 0 saturated carbocycles. The van der Waals surface area contributed by atoms with Gasteiger partial charge < -0.3 is 5.32 Å². The van der Waals surface area contributed by atoms with Gasteiger partial charge in [0.1, 0.15) is 12.6 Å². The highest BCUT2D eigenvalue weighted by Crippen LogP contribution is 2.31. The fourth-order valence-electron chi connectivity index (χ4n) is 2.02. The van der Waals surface area contributed by atoms with Crippen LogP contribution in [0.2, 0.25) is 0 Å². The van der Waals surface area contributed by atoms with Crippen LogP contribution in [0.1, 0.15) is 16.3 Å². The number of thiazole rings is 2. The summed E-state index contributed by atoms with van der Waals surface area (Å²) in [4.78, 5) is 21.8. The summed E-state index contributed by atoms with van der Waals surface area (Å²) < 4.78 is 1.42. The molecule has 116 valence electrons. The van der Waals surface area contributed by atoms with E-state index in [9.17, 15) is 4.79 Å². The van der Waals surface area contributed by atoms with E-state index in [1.165, 1.54) is 28.4 Å². The third kappa shape index (κ3) is 3.44. The van der Waals surface area contributed by atoms with E-state index in [2.05, 4.69) is 20.4 Å². The molecule has 0 saturated heterocycles. The van der Waals surface area contributed by atoms with Crippen molar-refractivity contribution in [1.82, 2.24) is 19.7 Å². The Kier molecular flexibility index (Phi) is 4.18. The van der Waals surface area contributed by atoms with Crippen molar-refractivity contribution in [2.45, 2.75) is 20.4 Å². The quantitative estimate of drug-likeness (QED) is 0.784. The molecule has 23 heavy (non-hydrogen) atoms. The first-order chi connectivity index (χ1) is 11.0. The van der Waals surface area contributed by atoms with E-state index in [1.54, 1.807) is 11.3 Å². The second-order valence-corrected chi connectivity index (χ2v) is 6.83. The zero-order valence-electron chi connectivity index (χ0n) is 12.4. The number of nitriles is 1. The normalized spacial score (nSPS) is 10.5. The van der Waals surface area contributed by atoms with Gasteiger partial charge in [0, 0.05) is 11.6 Å². The third-order valence-electron chi connectivity index (χ3n) is 2.95. The lowest BCUT2D eigenvalue weighted by Crippen LogP contribution is -2.18. The molecule has 0 atom stereocenters. The number of hydrogen-bond acceptors (Lipinski definition) is 7. The van der Waals surface area contributed by atoms with Gasteiger partial charge in [-0.1, -0.05) is 0 Å². The average molecular weight is 344 g/mol. The van der Waals surface area contributed by atoms with E-state index >= 15 is 0 Å². The number of aryl methyl sites for hydroxylation is 2. The molecule has 0 radical (unpaired) electrons. The predicted octanol–water partition coefficient (Wildman–Crippen LogP) is 2.59. The van der Waals surface area contributed by atoms with Crippen LogP contribution >= 0.6 is 22.7 Å². The van der Waals surface area contributed by atoms with Crippen LogP contribution < -0.4 is 5.32 Å². The number of amides is 1. The molecular weight excluding hydrogens is 332 g/mol. The monoisotopic (exact) mass is 344 g/mol. The van der Waals surface area contributed by atoms with E-state index in [1.807, 2.05) is 25.3 Å². The molecule has 7 nitrogen and oxygen atoms in total. The van der Waals surface area contributed by atoms with Crippen molar-refractivity contribution >= 4 is 33.7 Å². The Bertz CT molecular complexity index is 901. The Morgan fingerprint density at radius 2 is 2.26 bits per heavy atom. The van der Waals surface area contributed by atoms with Crippen molar-refractivity contribution in [2.75, 3.05) is 5.32 Å². The van der Waals surface area contributed by atoms with Crippen molar-refractivity contribution < 1.29 is 4.79 Å². The Morgan fingerprint density at radius 1 is 1.43 bits per heavy atom. The smallest absolute Gasteiger partial charge is 0.247 e. The summed E-state index contributed by atoms with van der Waals surface area (Å²) in [6.45, 7) is 3.94. The van der Waals surface area contributed by atoms with Crippen LogP contribution in [0, 0.1) is 25.2 Å². The fraction of sp³-hybridized carbons (Fsp3) is 0.214. The van der Waals surface area contributed by atoms with Gasteiger partial charge in [-0.2, -0.15) is 10.4 Å². The van der Waals surface area contributed by atoms with Gasteiger partial charge in [-0.05, 0) is 13.8 Å². The van der Waals surface area contributed by atoms with Crippen molar-refractivity contribution in [3.8, 4) is 16.6 Å². The summed E-state index contributed by atoms with van der Waals surface area (Å²) in [5.74, 6) is -0.240. The second-order valence-electron chi connectivity index (χ2n) is 4.77. The maximum atomic E-state index is 12.0. The first-order valence-corrected chi connectivity index (χ1v) is 8.37. The van der Waals surface area contributed by atoms with E-state index < -0.39 is 0 Å². The van der Waals surface area contributed by atoms with Crippen molar-refractivity contribution in [3.05, 3.63) is 34.0 Å². The summed E-state index contributed by atoms with van der Waals surface area (Å²) in [5, 5.41) is 18.8. The molecule has 3 heterocycles. The highest BCUT2D eigenvalue weighted by molar-refractivity contribution is 7.16. The van der Waals surface area contributed by atoms with Gasteiger partial charge >= 0.3 is 0 Å². The maximum absolute atomic E-state index is 12.0.